The standard InChI is InChI=1S/C22H27F2N3O4S/c1-15(2)25-22(29)16(3)26(13-17-8-10-18(23)11-9-17)21(28)14-27(32(4,30)31)20-7-5-6-19(24)12-20/h5-12,15-16H,13-14H2,1-4H3,(H,25,29). The number of carbonyl (C=O) groups excluding carboxylic acids is 2. The molecule has 0 spiro atoms. The fourth-order valence-corrected chi connectivity index (χ4v) is 3.86. The van der Waals surface area contributed by atoms with E-state index in [1.54, 1.807) is 13.8 Å². The zero-order valence-corrected chi connectivity index (χ0v) is 19.2. The summed E-state index contributed by atoms with van der Waals surface area (Å²) >= 11 is 0. The predicted octanol–water partition coefficient (Wildman–Crippen LogP) is 2.67. The van der Waals surface area contributed by atoms with Crippen LogP contribution in [0.1, 0.15) is 26.3 Å². The minimum Gasteiger partial charge on any atom is -0.352 e. The molecule has 1 unspecified atom stereocenters. The smallest absolute Gasteiger partial charge is 0.244 e. The lowest BCUT2D eigenvalue weighted by atomic mass is 10.1. The third kappa shape index (κ3) is 7.01. The predicted molar refractivity (Wildman–Crippen MR) is 118 cm³/mol. The van der Waals surface area contributed by atoms with Crippen LogP contribution in [0.3, 0.4) is 0 Å². The van der Waals surface area contributed by atoms with E-state index in [9.17, 15) is 26.8 Å². The number of amides is 2. The van der Waals surface area contributed by atoms with E-state index in [2.05, 4.69) is 5.32 Å². The third-order valence-electron chi connectivity index (χ3n) is 4.64. The van der Waals surface area contributed by atoms with Gasteiger partial charge in [-0.3, -0.25) is 13.9 Å². The van der Waals surface area contributed by atoms with Crippen LogP contribution >= 0.6 is 0 Å². The number of hydrogen-bond acceptors (Lipinski definition) is 4. The molecule has 2 rings (SSSR count). The highest BCUT2D eigenvalue weighted by Crippen LogP contribution is 2.20. The highest BCUT2D eigenvalue weighted by atomic mass is 32.2. The van der Waals surface area contributed by atoms with Gasteiger partial charge < -0.3 is 10.2 Å². The van der Waals surface area contributed by atoms with Gasteiger partial charge in [-0.25, -0.2) is 17.2 Å². The molecule has 32 heavy (non-hydrogen) atoms. The van der Waals surface area contributed by atoms with Gasteiger partial charge in [0.05, 0.1) is 11.9 Å². The molecular formula is C22H27F2N3O4S. The molecule has 0 fully saturated rings. The number of rotatable bonds is 9. The van der Waals surface area contributed by atoms with Crippen molar-refractivity contribution < 1.29 is 26.8 Å². The van der Waals surface area contributed by atoms with Gasteiger partial charge in [0.2, 0.25) is 21.8 Å². The first kappa shape index (κ1) is 25.3. The Morgan fingerprint density at radius 3 is 2.16 bits per heavy atom. The van der Waals surface area contributed by atoms with Crippen molar-refractivity contribution in [2.75, 3.05) is 17.1 Å². The molecule has 0 saturated heterocycles. The monoisotopic (exact) mass is 467 g/mol. The van der Waals surface area contributed by atoms with E-state index in [-0.39, 0.29) is 18.3 Å². The molecule has 2 aromatic rings. The summed E-state index contributed by atoms with van der Waals surface area (Å²) in [7, 11) is -3.94. The Morgan fingerprint density at radius 1 is 1.00 bits per heavy atom. The van der Waals surface area contributed by atoms with Gasteiger partial charge in [0.15, 0.2) is 0 Å². The first-order valence-corrected chi connectivity index (χ1v) is 11.8. The van der Waals surface area contributed by atoms with Crippen LogP contribution in [0, 0.1) is 11.6 Å². The molecule has 0 aliphatic rings. The van der Waals surface area contributed by atoms with Gasteiger partial charge in [0.1, 0.15) is 24.2 Å². The Balaban J connectivity index is 2.38. The molecule has 174 valence electrons. The van der Waals surface area contributed by atoms with Crippen LogP contribution < -0.4 is 9.62 Å². The van der Waals surface area contributed by atoms with Crippen molar-refractivity contribution in [2.45, 2.75) is 39.4 Å². The third-order valence-corrected chi connectivity index (χ3v) is 5.78. The maximum absolute atomic E-state index is 13.7. The fourth-order valence-electron chi connectivity index (χ4n) is 3.02. The van der Waals surface area contributed by atoms with Crippen molar-refractivity contribution in [3.8, 4) is 0 Å². The van der Waals surface area contributed by atoms with Crippen molar-refractivity contribution in [3.63, 3.8) is 0 Å². The van der Waals surface area contributed by atoms with Crippen molar-refractivity contribution in [2.24, 2.45) is 0 Å². The lowest BCUT2D eigenvalue weighted by Gasteiger charge is -2.31. The molecule has 2 amide bonds. The fraction of sp³-hybridized carbons (Fsp3) is 0.364. The summed E-state index contributed by atoms with van der Waals surface area (Å²) in [4.78, 5) is 27.0. The van der Waals surface area contributed by atoms with Gasteiger partial charge >= 0.3 is 0 Å². The van der Waals surface area contributed by atoms with Crippen LogP contribution in [-0.2, 0) is 26.2 Å². The molecule has 1 N–H and O–H groups in total. The first-order chi connectivity index (χ1) is 14.9. The second-order valence-corrected chi connectivity index (χ2v) is 9.64. The summed E-state index contributed by atoms with van der Waals surface area (Å²) < 4.78 is 52.5. The zero-order valence-electron chi connectivity index (χ0n) is 18.4. The summed E-state index contributed by atoms with van der Waals surface area (Å²) in [6.45, 7) is 4.37. The minimum absolute atomic E-state index is 0.0122. The molecule has 0 radical (unpaired) electrons. The molecule has 10 heteroatoms. The van der Waals surface area contributed by atoms with Crippen LogP contribution in [0.15, 0.2) is 48.5 Å². The Kier molecular flexibility index (Phi) is 8.31. The number of benzene rings is 2. The van der Waals surface area contributed by atoms with Crippen LogP contribution in [0.25, 0.3) is 0 Å². The second kappa shape index (κ2) is 10.5. The van der Waals surface area contributed by atoms with Crippen molar-refractivity contribution >= 4 is 27.5 Å². The maximum Gasteiger partial charge on any atom is 0.244 e. The molecule has 2 aromatic carbocycles. The van der Waals surface area contributed by atoms with Gasteiger partial charge in [-0.15, -0.1) is 0 Å². The number of nitrogens with one attached hydrogen (secondary N) is 1. The normalized spacial score (nSPS) is 12.3. The van der Waals surface area contributed by atoms with Crippen LogP contribution in [-0.4, -0.2) is 50.0 Å². The molecule has 0 aromatic heterocycles. The summed E-state index contributed by atoms with van der Waals surface area (Å²) in [6.07, 6.45) is 0.907. The number of sulfonamides is 1. The van der Waals surface area contributed by atoms with Crippen molar-refractivity contribution in [3.05, 3.63) is 65.7 Å². The molecule has 0 bridgehead atoms. The summed E-state index contributed by atoms with van der Waals surface area (Å²) in [5.41, 5.74) is 0.544. The number of carbonyl (C=O) groups is 2. The molecule has 7 nitrogen and oxygen atoms in total. The Hall–Kier alpha value is -3.01. The largest absolute Gasteiger partial charge is 0.352 e. The average Bonchev–Trinajstić information content (AvgIpc) is 2.69. The zero-order chi connectivity index (χ0) is 24.1. The lowest BCUT2D eigenvalue weighted by molar-refractivity contribution is -0.139. The second-order valence-electron chi connectivity index (χ2n) is 7.74. The molecular weight excluding hydrogens is 440 g/mol. The minimum atomic E-state index is -3.94. The molecule has 0 aliphatic heterocycles. The van der Waals surface area contributed by atoms with Crippen molar-refractivity contribution in [1.82, 2.24) is 10.2 Å². The van der Waals surface area contributed by atoms with Gasteiger partial charge in [-0.2, -0.15) is 0 Å². The number of nitrogens with zero attached hydrogens (tertiary/aromatic N) is 2. The molecule has 0 saturated carbocycles. The Labute approximate surface area is 187 Å². The number of halogens is 2. The van der Waals surface area contributed by atoms with E-state index in [4.69, 9.17) is 0 Å². The Bertz CT molecular complexity index is 1060. The van der Waals surface area contributed by atoms with Gasteiger partial charge in [0.25, 0.3) is 0 Å². The molecule has 0 heterocycles. The van der Waals surface area contributed by atoms with Crippen LogP contribution in [0.2, 0.25) is 0 Å². The SMILES string of the molecule is CC(C)NC(=O)C(C)N(Cc1ccc(F)cc1)C(=O)CN(c1cccc(F)c1)S(C)(=O)=O. The molecule has 1 atom stereocenters. The van der Waals surface area contributed by atoms with E-state index in [1.807, 2.05) is 0 Å². The van der Waals surface area contributed by atoms with Crippen LogP contribution in [0.5, 0.6) is 0 Å². The molecule has 0 aliphatic carbocycles. The lowest BCUT2D eigenvalue weighted by Crippen LogP contribution is -2.52. The number of anilines is 1. The van der Waals surface area contributed by atoms with Crippen molar-refractivity contribution in [1.29, 1.82) is 0 Å². The topological polar surface area (TPSA) is 86.8 Å². The quantitative estimate of drug-likeness (QED) is 0.614. The van der Waals surface area contributed by atoms with Gasteiger partial charge in [0, 0.05) is 12.6 Å². The Morgan fingerprint density at radius 2 is 1.62 bits per heavy atom. The van der Waals surface area contributed by atoms with Gasteiger partial charge in [-0.1, -0.05) is 18.2 Å². The van der Waals surface area contributed by atoms with Gasteiger partial charge in [-0.05, 0) is 56.7 Å². The summed E-state index contributed by atoms with van der Waals surface area (Å²) in [5, 5.41) is 2.72. The number of hydrogen-bond donors (Lipinski definition) is 1. The van der Waals surface area contributed by atoms with E-state index >= 15 is 0 Å². The summed E-state index contributed by atoms with van der Waals surface area (Å²) in [6, 6.07) is 9.17. The average molecular weight is 468 g/mol. The van der Waals surface area contributed by atoms with Crippen LogP contribution in [0.4, 0.5) is 14.5 Å². The first-order valence-electron chi connectivity index (χ1n) is 9.96. The van der Waals surface area contributed by atoms with E-state index in [1.165, 1.54) is 48.2 Å². The highest BCUT2D eigenvalue weighted by Gasteiger charge is 2.30. The van der Waals surface area contributed by atoms with E-state index in [0.717, 1.165) is 22.7 Å². The maximum atomic E-state index is 13.7. The van der Waals surface area contributed by atoms with E-state index in [0.29, 0.717) is 5.56 Å². The van der Waals surface area contributed by atoms with E-state index < -0.39 is 46.1 Å². The highest BCUT2D eigenvalue weighted by molar-refractivity contribution is 7.92. The summed E-state index contributed by atoms with van der Waals surface area (Å²) in [5.74, 6) is -2.20.